The largest absolute Gasteiger partial charge is 0.492 e. The standard InChI is InChI=1S/C12H12ClNO/c1-2-15-12-4-3-8(6-11(12)13)10-5-9(10)7-14/h3-4,6,9-10H,2,5H2,1H3. The van der Waals surface area contributed by atoms with Crippen LogP contribution in [0.4, 0.5) is 0 Å². The highest BCUT2D eigenvalue weighted by Crippen LogP contribution is 2.48. The van der Waals surface area contributed by atoms with E-state index in [1.807, 2.05) is 25.1 Å². The number of hydrogen-bond acceptors (Lipinski definition) is 2. The Kier molecular flexibility index (Phi) is 2.83. The molecule has 1 aliphatic rings. The van der Waals surface area contributed by atoms with Crippen LogP contribution >= 0.6 is 11.6 Å². The second kappa shape index (κ2) is 4.12. The SMILES string of the molecule is CCOc1ccc(C2CC2C#N)cc1Cl. The van der Waals surface area contributed by atoms with Gasteiger partial charge in [0.1, 0.15) is 5.75 Å². The number of nitriles is 1. The average molecular weight is 222 g/mol. The number of halogens is 1. The van der Waals surface area contributed by atoms with Gasteiger partial charge in [-0.15, -0.1) is 0 Å². The van der Waals surface area contributed by atoms with E-state index in [-0.39, 0.29) is 5.92 Å². The molecule has 0 spiro atoms. The maximum atomic E-state index is 8.74. The zero-order chi connectivity index (χ0) is 10.8. The third-order valence-corrected chi connectivity index (χ3v) is 2.94. The van der Waals surface area contributed by atoms with Gasteiger partial charge in [-0.2, -0.15) is 5.26 Å². The predicted octanol–water partition coefficient (Wildman–Crippen LogP) is 3.37. The minimum Gasteiger partial charge on any atom is -0.492 e. The lowest BCUT2D eigenvalue weighted by molar-refractivity contribution is 0.340. The van der Waals surface area contributed by atoms with Crippen molar-refractivity contribution in [2.75, 3.05) is 6.61 Å². The normalized spacial score (nSPS) is 23.3. The summed E-state index contributed by atoms with van der Waals surface area (Å²) in [4.78, 5) is 0. The number of ether oxygens (including phenoxy) is 1. The fraction of sp³-hybridized carbons (Fsp3) is 0.417. The Morgan fingerprint density at radius 1 is 1.60 bits per heavy atom. The Labute approximate surface area is 94.4 Å². The second-order valence-corrected chi connectivity index (χ2v) is 4.11. The van der Waals surface area contributed by atoms with Gasteiger partial charge in [-0.25, -0.2) is 0 Å². The van der Waals surface area contributed by atoms with Crippen molar-refractivity contribution in [1.82, 2.24) is 0 Å². The van der Waals surface area contributed by atoms with E-state index in [1.165, 1.54) is 0 Å². The summed E-state index contributed by atoms with van der Waals surface area (Å²) in [7, 11) is 0. The number of benzene rings is 1. The first-order valence-electron chi connectivity index (χ1n) is 5.08. The average Bonchev–Trinajstić information content (AvgIpc) is 3.00. The van der Waals surface area contributed by atoms with Crippen molar-refractivity contribution < 1.29 is 4.74 Å². The smallest absolute Gasteiger partial charge is 0.137 e. The van der Waals surface area contributed by atoms with Crippen LogP contribution in [-0.2, 0) is 0 Å². The minimum absolute atomic E-state index is 0.180. The van der Waals surface area contributed by atoms with Crippen LogP contribution in [0, 0.1) is 17.2 Å². The van der Waals surface area contributed by atoms with Crippen LogP contribution in [0.5, 0.6) is 5.75 Å². The van der Waals surface area contributed by atoms with Gasteiger partial charge >= 0.3 is 0 Å². The maximum absolute atomic E-state index is 8.74. The molecule has 78 valence electrons. The fourth-order valence-electron chi connectivity index (χ4n) is 1.73. The van der Waals surface area contributed by atoms with E-state index in [9.17, 15) is 0 Å². The molecule has 0 bridgehead atoms. The van der Waals surface area contributed by atoms with Gasteiger partial charge in [-0.3, -0.25) is 0 Å². The molecular weight excluding hydrogens is 210 g/mol. The summed E-state index contributed by atoms with van der Waals surface area (Å²) in [6.07, 6.45) is 0.959. The summed E-state index contributed by atoms with van der Waals surface area (Å²) in [5.41, 5.74) is 1.15. The van der Waals surface area contributed by atoms with E-state index in [0.29, 0.717) is 17.5 Å². The van der Waals surface area contributed by atoms with E-state index in [1.54, 1.807) is 0 Å². The molecule has 2 nitrogen and oxygen atoms in total. The van der Waals surface area contributed by atoms with Gasteiger partial charge in [0.2, 0.25) is 0 Å². The van der Waals surface area contributed by atoms with Gasteiger partial charge in [0, 0.05) is 5.92 Å². The molecule has 2 atom stereocenters. The molecule has 1 aliphatic carbocycles. The van der Waals surface area contributed by atoms with Crippen LogP contribution in [0.1, 0.15) is 24.8 Å². The highest BCUT2D eigenvalue weighted by Gasteiger charge is 2.38. The molecule has 0 aliphatic heterocycles. The number of rotatable bonds is 3. The van der Waals surface area contributed by atoms with Crippen LogP contribution in [0.2, 0.25) is 5.02 Å². The fourth-order valence-corrected chi connectivity index (χ4v) is 1.97. The Morgan fingerprint density at radius 3 is 2.93 bits per heavy atom. The van der Waals surface area contributed by atoms with Crippen molar-refractivity contribution in [2.24, 2.45) is 5.92 Å². The van der Waals surface area contributed by atoms with Crippen molar-refractivity contribution in [3.05, 3.63) is 28.8 Å². The van der Waals surface area contributed by atoms with E-state index in [0.717, 1.165) is 17.7 Å². The lowest BCUT2D eigenvalue weighted by atomic mass is 10.1. The molecule has 1 aromatic carbocycles. The molecule has 1 aromatic rings. The van der Waals surface area contributed by atoms with E-state index in [2.05, 4.69) is 6.07 Å². The third-order valence-electron chi connectivity index (χ3n) is 2.64. The van der Waals surface area contributed by atoms with Gasteiger partial charge < -0.3 is 4.74 Å². The zero-order valence-corrected chi connectivity index (χ0v) is 9.29. The van der Waals surface area contributed by atoms with Crippen molar-refractivity contribution in [3.63, 3.8) is 0 Å². The quantitative estimate of drug-likeness (QED) is 0.784. The lowest BCUT2D eigenvalue weighted by Gasteiger charge is -2.06. The molecule has 15 heavy (non-hydrogen) atoms. The highest BCUT2D eigenvalue weighted by atomic mass is 35.5. The maximum Gasteiger partial charge on any atom is 0.137 e. The predicted molar refractivity (Wildman–Crippen MR) is 59.1 cm³/mol. The Balaban J connectivity index is 2.16. The third kappa shape index (κ3) is 2.08. The first-order valence-corrected chi connectivity index (χ1v) is 5.46. The van der Waals surface area contributed by atoms with Crippen LogP contribution < -0.4 is 4.74 Å². The van der Waals surface area contributed by atoms with Gasteiger partial charge in [-0.05, 0) is 31.0 Å². The van der Waals surface area contributed by atoms with E-state index in [4.69, 9.17) is 21.6 Å². The van der Waals surface area contributed by atoms with Gasteiger partial charge in [0.05, 0.1) is 23.6 Å². The first-order chi connectivity index (χ1) is 7.26. The van der Waals surface area contributed by atoms with Crippen LogP contribution in [0.3, 0.4) is 0 Å². The zero-order valence-electron chi connectivity index (χ0n) is 8.53. The number of hydrogen-bond donors (Lipinski definition) is 0. The summed E-state index contributed by atoms with van der Waals surface area (Å²) in [5, 5.41) is 9.38. The van der Waals surface area contributed by atoms with Crippen molar-refractivity contribution in [1.29, 1.82) is 5.26 Å². The van der Waals surface area contributed by atoms with Crippen LogP contribution in [0.25, 0.3) is 0 Å². The van der Waals surface area contributed by atoms with Crippen LogP contribution in [-0.4, -0.2) is 6.61 Å². The lowest BCUT2D eigenvalue weighted by Crippen LogP contribution is -1.93. The topological polar surface area (TPSA) is 33.0 Å². The summed E-state index contributed by atoms with van der Waals surface area (Å²) < 4.78 is 5.35. The Hall–Kier alpha value is -1.20. The molecule has 0 N–H and O–H groups in total. The molecule has 0 aromatic heterocycles. The highest BCUT2D eigenvalue weighted by molar-refractivity contribution is 6.32. The van der Waals surface area contributed by atoms with Crippen molar-refractivity contribution >= 4 is 11.6 Å². The monoisotopic (exact) mass is 221 g/mol. The molecule has 0 saturated heterocycles. The molecular formula is C12H12ClNO. The molecule has 1 saturated carbocycles. The summed E-state index contributed by atoms with van der Waals surface area (Å²) in [6.45, 7) is 2.54. The molecule has 1 fully saturated rings. The summed E-state index contributed by atoms with van der Waals surface area (Å²) in [6, 6.07) is 8.07. The second-order valence-electron chi connectivity index (χ2n) is 3.70. The Bertz CT molecular complexity index is 411. The summed E-state index contributed by atoms with van der Waals surface area (Å²) >= 11 is 6.06. The van der Waals surface area contributed by atoms with E-state index >= 15 is 0 Å². The number of nitrogens with zero attached hydrogens (tertiary/aromatic N) is 1. The first kappa shape index (κ1) is 10.3. The van der Waals surface area contributed by atoms with Gasteiger partial charge in [-0.1, -0.05) is 17.7 Å². The van der Waals surface area contributed by atoms with Crippen molar-refractivity contribution in [2.45, 2.75) is 19.3 Å². The molecule has 2 unspecified atom stereocenters. The van der Waals surface area contributed by atoms with E-state index < -0.39 is 0 Å². The summed E-state index contributed by atoms with van der Waals surface area (Å²) in [5.74, 6) is 1.28. The molecule has 2 rings (SSSR count). The minimum atomic E-state index is 0.180. The van der Waals surface area contributed by atoms with Gasteiger partial charge in [0.15, 0.2) is 0 Å². The molecule has 0 amide bonds. The van der Waals surface area contributed by atoms with Crippen LogP contribution in [0.15, 0.2) is 18.2 Å². The molecule has 3 heteroatoms. The Morgan fingerprint density at radius 2 is 2.40 bits per heavy atom. The van der Waals surface area contributed by atoms with Gasteiger partial charge in [0.25, 0.3) is 0 Å². The van der Waals surface area contributed by atoms with Crippen molar-refractivity contribution in [3.8, 4) is 11.8 Å². The molecule has 0 radical (unpaired) electrons. The molecule has 0 heterocycles.